The highest BCUT2D eigenvalue weighted by molar-refractivity contribution is 5.40. The first-order chi connectivity index (χ1) is 9.03. The van der Waals surface area contributed by atoms with E-state index in [2.05, 4.69) is 64.1 Å². The molecule has 1 aliphatic rings. The van der Waals surface area contributed by atoms with Crippen molar-refractivity contribution < 1.29 is 0 Å². The molecule has 1 aliphatic carbocycles. The van der Waals surface area contributed by atoms with Crippen LogP contribution in [0.4, 0.5) is 0 Å². The molecule has 0 aliphatic heterocycles. The van der Waals surface area contributed by atoms with Gasteiger partial charge < -0.3 is 0 Å². The molecule has 0 fully saturated rings. The van der Waals surface area contributed by atoms with Crippen LogP contribution in [-0.4, -0.2) is 0 Å². The van der Waals surface area contributed by atoms with Crippen LogP contribution in [0.2, 0.25) is 0 Å². The van der Waals surface area contributed by atoms with E-state index in [1.807, 2.05) is 0 Å². The van der Waals surface area contributed by atoms with Crippen LogP contribution >= 0.6 is 0 Å². The van der Waals surface area contributed by atoms with Gasteiger partial charge in [-0.3, -0.25) is 0 Å². The van der Waals surface area contributed by atoms with Gasteiger partial charge in [0.05, 0.1) is 0 Å². The first-order valence-electron chi connectivity index (χ1n) is 7.39. The molecule has 0 unspecified atom stereocenters. The first-order valence-corrected chi connectivity index (χ1v) is 7.39. The number of benzene rings is 1. The number of rotatable bonds is 4. The Bertz CT molecular complexity index is 475. The van der Waals surface area contributed by atoms with Crippen molar-refractivity contribution in [3.8, 4) is 0 Å². The van der Waals surface area contributed by atoms with Gasteiger partial charge in [-0.25, -0.2) is 0 Å². The fraction of sp³-hybridized carbons (Fsp3) is 0.474. The van der Waals surface area contributed by atoms with Crippen LogP contribution in [-0.2, 0) is 11.8 Å². The molecule has 2 rings (SSSR count). The number of aryl methyl sites for hydroxylation is 1. The molecule has 0 heterocycles. The summed E-state index contributed by atoms with van der Waals surface area (Å²) >= 11 is 0. The zero-order chi connectivity index (χ0) is 13.9. The van der Waals surface area contributed by atoms with E-state index in [0.29, 0.717) is 5.41 Å². The van der Waals surface area contributed by atoms with Gasteiger partial charge in [0.15, 0.2) is 0 Å². The maximum atomic E-state index is 2.42. The molecule has 0 spiro atoms. The van der Waals surface area contributed by atoms with Crippen molar-refractivity contribution in [3.05, 3.63) is 58.7 Å². The maximum absolute atomic E-state index is 2.42. The molecule has 102 valence electrons. The standard InChI is InChI=1S/C19H26/c1-15(2)9-12-19(13-10-16(3)4)14-11-17-7-5-6-8-18(17)19/h5-10H,11-14H2,1-4H3. The van der Waals surface area contributed by atoms with Crippen molar-refractivity contribution >= 4 is 0 Å². The van der Waals surface area contributed by atoms with Gasteiger partial charge in [-0.05, 0) is 64.5 Å². The minimum absolute atomic E-state index is 0.338. The molecular formula is C19H26. The Hall–Kier alpha value is -1.30. The molecule has 0 radical (unpaired) electrons. The van der Waals surface area contributed by atoms with Gasteiger partial charge in [-0.2, -0.15) is 0 Å². The molecule has 0 bridgehead atoms. The van der Waals surface area contributed by atoms with Crippen molar-refractivity contribution in [3.63, 3.8) is 0 Å². The lowest BCUT2D eigenvalue weighted by atomic mass is 9.75. The zero-order valence-electron chi connectivity index (χ0n) is 12.8. The molecule has 0 nitrogen and oxygen atoms in total. The van der Waals surface area contributed by atoms with Crippen LogP contribution in [0.1, 0.15) is 58.1 Å². The topological polar surface area (TPSA) is 0 Å². The third kappa shape index (κ3) is 3.18. The third-order valence-electron chi connectivity index (χ3n) is 4.26. The summed E-state index contributed by atoms with van der Waals surface area (Å²) < 4.78 is 0. The van der Waals surface area contributed by atoms with Gasteiger partial charge in [0, 0.05) is 5.41 Å². The quantitative estimate of drug-likeness (QED) is 0.615. The van der Waals surface area contributed by atoms with E-state index < -0.39 is 0 Å². The lowest BCUT2D eigenvalue weighted by Crippen LogP contribution is -2.21. The minimum atomic E-state index is 0.338. The Morgan fingerprint density at radius 1 is 1.00 bits per heavy atom. The van der Waals surface area contributed by atoms with Crippen LogP contribution in [0.25, 0.3) is 0 Å². The largest absolute Gasteiger partial charge is 0.0850 e. The van der Waals surface area contributed by atoms with E-state index in [1.165, 1.54) is 36.8 Å². The Morgan fingerprint density at radius 3 is 2.16 bits per heavy atom. The predicted molar refractivity (Wildman–Crippen MR) is 84.5 cm³/mol. The molecule has 0 saturated heterocycles. The lowest BCUT2D eigenvalue weighted by molar-refractivity contribution is 0.432. The third-order valence-corrected chi connectivity index (χ3v) is 4.26. The molecule has 1 aromatic rings. The Kier molecular flexibility index (Phi) is 4.29. The smallest absolute Gasteiger partial charge is 0.00279 e. The van der Waals surface area contributed by atoms with E-state index in [0.717, 1.165) is 0 Å². The second-order valence-corrected chi connectivity index (χ2v) is 6.41. The lowest BCUT2D eigenvalue weighted by Gasteiger charge is -2.29. The van der Waals surface area contributed by atoms with Crippen molar-refractivity contribution in [2.75, 3.05) is 0 Å². The molecule has 0 saturated carbocycles. The molecule has 0 atom stereocenters. The monoisotopic (exact) mass is 254 g/mol. The second kappa shape index (κ2) is 5.77. The van der Waals surface area contributed by atoms with Crippen molar-refractivity contribution in [2.45, 2.75) is 58.8 Å². The van der Waals surface area contributed by atoms with E-state index in [9.17, 15) is 0 Å². The van der Waals surface area contributed by atoms with Gasteiger partial charge in [0.2, 0.25) is 0 Å². The summed E-state index contributed by atoms with van der Waals surface area (Å²) in [5.41, 5.74) is 6.35. The van der Waals surface area contributed by atoms with Crippen LogP contribution in [0.3, 0.4) is 0 Å². The summed E-state index contributed by atoms with van der Waals surface area (Å²) in [6.07, 6.45) is 9.72. The van der Waals surface area contributed by atoms with Gasteiger partial charge in [-0.1, -0.05) is 47.6 Å². The van der Waals surface area contributed by atoms with Crippen molar-refractivity contribution in [1.82, 2.24) is 0 Å². The Labute approximate surface area is 118 Å². The summed E-state index contributed by atoms with van der Waals surface area (Å²) in [4.78, 5) is 0. The highest BCUT2D eigenvalue weighted by atomic mass is 14.4. The Balaban J connectivity index is 2.36. The molecule has 0 amide bonds. The summed E-state index contributed by atoms with van der Waals surface area (Å²) in [7, 11) is 0. The fourth-order valence-corrected chi connectivity index (χ4v) is 3.07. The summed E-state index contributed by atoms with van der Waals surface area (Å²) in [5, 5.41) is 0. The predicted octanol–water partition coefficient (Wildman–Crippen LogP) is 5.58. The summed E-state index contributed by atoms with van der Waals surface area (Å²) in [5.74, 6) is 0. The van der Waals surface area contributed by atoms with Gasteiger partial charge in [0.1, 0.15) is 0 Å². The van der Waals surface area contributed by atoms with Crippen LogP contribution in [0, 0.1) is 0 Å². The Morgan fingerprint density at radius 2 is 1.58 bits per heavy atom. The zero-order valence-corrected chi connectivity index (χ0v) is 12.8. The molecule has 0 aromatic heterocycles. The normalized spacial score (nSPS) is 15.8. The highest BCUT2D eigenvalue weighted by Crippen LogP contribution is 2.45. The molecule has 0 heteroatoms. The van der Waals surface area contributed by atoms with Crippen LogP contribution in [0.15, 0.2) is 47.6 Å². The van der Waals surface area contributed by atoms with Crippen molar-refractivity contribution in [1.29, 1.82) is 0 Å². The number of fused-ring (bicyclic) bond motifs is 1. The molecular weight excluding hydrogens is 228 g/mol. The molecule has 19 heavy (non-hydrogen) atoms. The molecule has 1 aromatic carbocycles. The van der Waals surface area contributed by atoms with Gasteiger partial charge in [0.25, 0.3) is 0 Å². The SMILES string of the molecule is CC(C)=CCC1(CC=C(C)C)CCc2ccccc21. The number of hydrogen-bond acceptors (Lipinski definition) is 0. The fourth-order valence-electron chi connectivity index (χ4n) is 3.07. The average molecular weight is 254 g/mol. The van der Waals surface area contributed by atoms with Gasteiger partial charge in [-0.15, -0.1) is 0 Å². The van der Waals surface area contributed by atoms with E-state index in [1.54, 1.807) is 11.1 Å². The average Bonchev–Trinajstić information content (AvgIpc) is 2.74. The first kappa shape index (κ1) is 14.1. The molecule has 0 N–H and O–H groups in total. The van der Waals surface area contributed by atoms with E-state index in [4.69, 9.17) is 0 Å². The van der Waals surface area contributed by atoms with Crippen LogP contribution < -0.4 is 0 Å². The van der Waals surface area contributed by atoms with E-state index >= 15 is 0 Å². The van der Waals surface area contributed by atoms with E-state index in [-0.39, 0.29) is 0 Å². The highest BCUT2D eigenvalue weighted by Gasteiger charge is 2.36. The van der Waals surface area contributed by atoms with Crippen molar-refractivity contribution in [2.24, 2.45) is 0 Å². The maximum Gasteiger partial charge on any atom is 0.00279 e. The number of hydrogen-bond donors (Lipinski definition) is 0. The minimum Gasteiger partial charge on any atom is -0.0850 e. The summed E-state index contributed by atoms with van der Waals surface area (Å²) in [6.45, 7) is 8.82. The van der Waals surface area contributed by atoms with Crippen LogP contribution in [0.5, 0.6) is 0 Å². The summed E-state index contributed by atoms with van der Waals surface area (Å²) in [6, 6.07) is 9.03. The van der Waals surface area contributed by atoms with Gasteiger partial charge >= 0.3 is 0 Å². The number of allylic oxidation sites excluding steroid dienone is 4. The second-order valence-electron chi connectivity index (χ2n) is 6.41.